The van der Waals surface area contributed by atoms with Crippen LogP contribution in [0.2, 0.25) is 0 Å². The number of aromatic nitrogens is 2. The van der Waals surface area contributed by atoms with Crippen LogP contribution in [-0.4, -0.2) is 45.2 Å². The Morgan fingerprint density at radius 3 is 2.57 bits per heavy atom. The molecule has 0 unspecified atom stereocenters. The summed E-state index contributed by atoms with van der Waals surface area (Å²) in [5.41, 5.74) is 4.23. The lowest BCUT2D eigenvalue weighted by Gasteiger charge is -2.29. The van der Waals surface area contributed by atoms with Crippen LogP contribution >= 0.6 is 0 Å². The second-order valence-corrected chi connectivity index (χ2v) is 8.00. The van der Waals surface area contributed by atoms with Crippen molar-refractivity contribution in [3.63, 3.8) is 0 Å². The van der Waals surface area contributed by atoms with E-state index < -0.39 is 0 Å². The van der Waals surface area contributed by atoms with Crippen molar-refractivity contribution in [2.45, 2.75) is 52.2 Å². The summed E-state index contributed by atoms with van der Waals surface area (Å²) in [6.07, 6.45) is 3.36. The number of rotatable bonds is 4. The number of halogens is 1. The van der Waals surface area contributed by atoms with E-state index in [-0.39, 0.29) is 17.9 Å². The Bertz CT molecular complexity index is 839. The molecule has 2 aromatic rings. The molecule has 0 saturated carbocycles. The van der Waals surface area contributed by atoms with E-state index in [1.54, 1.807) is 12.1 Å². The van der Waals surface area contributed by atoms with E-state index in [0.717, 1.165) is 31.7 Å². The zero-order valence-electron chi connectivity index (χ0n) is 16.6. The molecule has 1 aromatic heterocycles. The number of hydrogen-bond acceptors (Lipinski definition) is 3. The topological polar surface area (TPSA) is 53.4 Å². The zero-order valence-corrected chi connectivity index (χ0v) is 16.6. The number of nitrogens with one attached hydrogen (secondary N) is 1. The number of carbonyl (C=O) groups is 1. The first-order valence-corrected chi connectivity index (χ1v) is 10.1. The third-order valence-corrected chi connectivity index (χ3v) is 5.62. The van der Waals surface area contributed by atoms with Crippen LogP contribution < -0.4 is 5.32 Å². The minimum atomic E-state index is -0.313. The molecule has 0 aliphatic carbocycles. The van der Waals surface area contributed by atoms with Gasteiger partial charge in [-0.1, -0.05) is 0 Å². The number of hydrogen-bond donors (Lipinski definition) is 1. The number of likely N-dealkylation sites (tertiary alicyclic amines) is 1. The Balaban J connectivity index is 1.51. The summed E-state index contributed by atoms with van der Waals surface area (Å²) in [5, 5.41) is 7.78. The van der Waals surface area contributed by atoms with E-state index >= 15 is 0 Å². The Hall–Kier alpha value is -2.41. The maximum atomic E-state index is 13.1. The van der Waals surface area contributed by atoms with Crippen LogP contribution in [-0.2, 0) is 19.5 Å². The monoisotopic (exact) mass is 385 g/mol. The lowest BCUT2D eigenvalue weighted by atomic mass is 10.0. The molecule has 2 aliphatic rings. The molecule has 1 N–H and O–H groups in total. The van der Waals surface area contributed by atoms with Gasteiger partial charge in [-0.3, -0.25) is 9.58 Å². The highest BCUT2D eigenvalue weighted by atomic mass is 19.1. The molecular weight excluding hydrogens is 357 g/mol. The summed E-state index contributed by atoms with van der Waals surface area (Å²) in [6.45, 7) is 8.67. The van der Waals surface area contributed by atoms with E-state index in [2.05, 4.69) is 28.7 Å². The molecule has 1 fully saturated rings. The molecule has 0 bridgehead atoms. The van der Waals surface area contributed by atoms with Gasteiger partial charge in [0.05, 0.1) is 17.9 Å². The van der Waals surface area contributed by atoms with Crippen LogP contribution in [0, 0.1) is 5.82 Å². The molecule has 1 aromatic carbocycles. The molecule has 6 nitrogen and oxygen atoms in total. The quantitative estimate of drug-likeness (QED) is 0.871. The van der Waals surface area contributed by atoms with Crippen molar-refractivity contribution in [3.05, 3.63) is 47.0 Å². The van der Waals surface area contributed by atoms with Crippen molar-refractivity contribution in [2.24, 2.45) is 0 Å². The fraction of sp³-hybridized carbons (Fsp3) is 0.524. The van der Waals surface area contributed by atoms with Gasteiger partial charge in [0.2, 0.25) is 0 Å². The summed E-state index contributed by atoms with van der Waals surface area (Å²) < 4.78 is 15.2. The normalized spacial score (nSPS) is 17.2. The van der Waals surface area contributed by atoms with Crippen molar-refractivity contribution in [1.82, 2.24) is 19.6 Å². The predicted octanol–water partition coefficient (Wildman–Crippen LogP) is 3.79. The van der Waals surface area contributed by atoms with Gasteiger partial charge in [-0.25, -0.2) is 9.18 Å². The fourth-order valence-corrected chi connectivity index (χ4v) is 4.13. The summed E-state index contributed by atoms with van der Waals surface area (Å²) in [7, 11) is 0. The SMILES string of the molecule is CC(C)n1nc(CN2CCCC2)c2c1CN(C(=O)Nc1ccc(F)cc1)CC2. The van der Waals surface area contributed by atoms with Gasteiger partial charge in [0, 0.05) is 30.4 Å². The smallest absolute Gasteiger partial charge is 0.318 e. The molecule has 28 heavy (non-hydrogen) atoms. The molecule has 7 heteroatoms. The van der Waals surface area contributed by atoms with Crippen molar-refractivity contribution in [3.8, 4) is 0 Å². The van der Waals surface area contributed by atoms with Crippen LogP contribution in [0.3, 0.4) is 0 Å². The number of urea groups is 1. The molecule has 150 valence electrons. The van der Waals surface area contributed by atoms with Crippen molar-refractivity contribution < 1.29 is 9.18 Å². The molecule has 3 heterocycles. The van der Waals surface area contributed by atoms with Crippen molar-refractivity contribution >= 4 is 11.7 Å². The number of carbonyl (C=O) groups excluding carboxylic acids is 1. The number of anilines is 1. The van der Waals surface area contributed by atoms with E-state index in [1.807, 2.05) is 4.90 Å². The van der Waals surface area contributed by atoms with Crippen LogP contribution in [0.5, 0.6) is 0 Å². The second kappa shape index (κ2) is 7.91. The molecule has 2 aliphatic heterocycles. The van der Waals surface area contributed by atoms with Crippen LogP contribution in [0.1, 0.15) is 49.7 Å². The van der Waals surface area contributed by atoms with E-state index in [0.29, 0.717) is 18.8 Å². The van der Waals surface area contributed by atoms with E-state index in [9.17, 15) is 9.18 Å². The Labute approximate surface area is 165 Å². The average molecular weight is 385 g/mol. The molecule has 0 atom stereocenters. The van der Waals surface area contributed by atoms with Gasteiger partial charge in [-0.2, -0.15) is 5.10 Å². The summed E-state index contributed by atoms with van der Waals surface area (Å²) >= 11 is 0. The van der Waals surface area contributed by atoms with Gasteiger partial charge in [-0.15, -0.1) is 0 Å². The van der Waals surface area contributed by atoms with Gasteiger partial charge < -0.3 is 10.2 Å². The third kappa shape index (κ3) is 3.90. The van der Waals surface area contributed by atoms with Gasteiger partial charge >= 0.3 is 6.03 Å². The van der Waals surface area contributed by atoms with Crippen molar-refractivity contribution in [2.75, 3.05) is 25.0 Å². The number of nitrogens with zero attached hydrogens (tertiary/aromatic N) is 4. The highest BCUT2D eigenvalue weighted by molar-refractivity contribution is 5.89. The number of benzene rings is 1. The standard InChI is InChI=1S/C21H28FN5O/c1-15(2)27-20-14-26(21(28)23-17-7-5-16(22)6-8-17)12-9-18(20)19(24-27)13-25-10-3-4-11-25/h5-8,15H,3-4,9-14H2,1-2H3,(H,23,28). The second-order valence-electron chi connectivity index (χ2n) is 8.00. The Morgan fingerprint density at radius 1 is 1.18 bits per heavy atom. The van der Waals surface area contributed by atoms with Gasteiger partial charge in [0.25, 0.3) is 0 Å². The van der Waals surface area contributed by atoms with Crippen LogP contribution in [0.4, 0.5) is 14.9 Å². The minimum Gasteiger partial charge on any atom is -0.318 e. The Morgan fingerprint density at radius 2 is 1.89 bits per heavy atom. The maximum Gasteiger partial charge on any atom is 0.322 e. The largest absolute Gasteiger partial charge is 0.322 e. The first-order chi connectivity index (χ1) is 13.5. The molecule has 2 amide bonds. The van der Waals surface area contributed by atoms with Crippen LogP contribution in [0.15, 0.2) is 24.3 Å². The highest BCUT2D eigenvalue weighted by Crippen LogP contribution is 2.27. The lowest BCUT2D eigenvalue weighted by molar-refractivity contribution is 0.203. The average Bonchev–Trinajstić information content (AvgIpc) is 3.32. The Kier molecular flexibility index (Phi) is 5.35. The lowest BCUT2D eigenvalue weighted by Crippen LogP contribution is -2.39. The van der Waals surface area contributed by atoms with Gasteiger partial charge in [0.15, 0.2) is 0 Å². The molecule has 0 radical (unpaired) electrons. The first kappa shape index (κ1) is 18.9. The first-order valence-electron chi connectivity index (χ1n) is 10.1. The number of fused-ring (bicyclic) bond motifs is 1. The van der Waals surface area contributed by atoms with E-state index in [4.69, 9.17) is 5.10 Å². The predicted molar refractivity (Wildman–Crippen MR) is 107 cm³/mol. The van der Waals surface area contributed by atoms with E-state index in [1.165, 1.54) is 36.2 Å². The molecule has 0 spiro atoms. The highest BCUT2D eigenvalue weighted by Gasteiger charge is 2.29. The summed E-state index contributed by atoms with van der Waals surface area (Å²) in [6, 6.07) is 5.95. The summed E-state index contributed by atoms with van der Waals surface area (Å²) in [4.78, 5) is 17.0. The van der Waals surface area contributed by atoms with Gasteiger partial charge in [-0.05, 0) is 70.5 Å². The molecule has 1 saturated heterocycles. The maximum absolute atomic E-state index is 13.1. The molecular formula is C21H28FN5O. The zero-order chi connectivity index (χ0) is 19.7. The molecule has 4 rings (SSSR count). The number of amides is 2. The summed E-state index contributed by atoms with van der Waals surface area (Å²) in [5.74, 6) is -0.313. The van der Waals surface area contributed by atoms with Crippen molar-refractivity contribution in [1.29, 1.82) is 0 Å². The van der Waals surface area contributed by atoms with Crippen LogP contribution in [0.25, 0.3) is 0 Å². The minimum absolute atomic E-state index is 0.158. The third-order valence-electron chi connectivity index (χ3n) is 5.62. The fourth-order valence-electron chi connectivity index (χ4n) is 4.13. The van der Waals surface area contributed by atoms with Gasteiger partial charge in [0.1, 0.15) is 5.82 Å².